The third kappa shape index (κ3) is 2.35. The second-order valence-corrected chi connectivity index (χ2v) is 5.49. The third-order valence-corrected chi connectivity index (χ3v) is 3.97. The smallest absolute Gasteiger partial charge is 0.138 e. The summed E-state index contributed by atoms with van der Waals surface area (Å²) in [5.41, 5.74) is 2.94. The molecule has 0 aliphatic carbocycles. The van der Waals surface area contributed by atoms with Crippen molar-refractivity contribution in [3.8, 4) is 11.5 Å². The molecule has 104 valence electrons. The molecule has 21 heavy (non-hydrogen) atoms. The maximum atomic E-state index is 6.21. The Hall–Kier alpha value is -2.10. The summed E-state index contributed by atoms with van der Waals surface area (Å²) in [5, 5.41) is 5.13. The van der Waals surface area contributed by atoms with Crippen LogP contribution in [0, 0.1) is 0 Å². The minimum Gasteiger partial charge on any atom is -0.457 e. The van der Waals surface area contributed by atoms with Crippen molar-refractivity contribution in [3.05, 3.63) is 64.8 Å². The van der Waals surface area contributed by atoms with Gasteiger partial charge in [-0.15, -0.1) is 0 Å². The zero-order valence-corrected chi connectivity index (χ0v) is 12.0. The first-order chi connectivity index (χ1) is 10.3. The van der Waals surface area contributed by atoms with E-state index in [0.29, 0.717) is 13.1 Å². The molecule has 1 aliphatic rings. The van der Waals surface area contributed by atoms with Gasteiger partial charge in [0.1, 0.15) is 11.5 Å². The van der Waals surface area contributed by atoms with Gasteiger partial charge in [0.05, 0.1) is 11.2 Å². The molecule has 3 aromatic rings. The van der Waals surface area contributed by atoms with E-state index in [9.17, 15) is 0 Å². The molecule has 0 atom stereocenters. The number of para-hydroxylation sites is 1. The van der Waals surface area contributed by atoms with E-state index in [0.717, 1.165) is 38.7 Å². The Morgan fingerprint density at radius 3 is 2.90 bits per heavy atom. The third-order valence-electron chi connectivity index (χ3n) is 3.60. The lowest BCUT2D eigenvalue weighted by Crippen LogP contribution is -2.15. The highest BCUT2D eigenvalue weighted by Crippen LogP contribution is 2.32. The van der Waals surface area contributed by atoms with Crippen molar-refractivity contribution in [3.63, 3.8) is 0 Å². The van der Waals surface area contributed by atoms with Gasteiger partial charge in [-0.2, -0.15) is 0 Å². The summed E-state index contributed by atoms with van der Waals surface area (Å²) in [4.78, 5) is 4.66. The Kier molecular flexibility index (Phi) is 3.02. The summed E-state index contributed by atoms with van der Waals surface area (Å²) in [6.45, 7) is 1.38. The van der Waals surface area contributed by atoms with Crippen molar-refractivity contribution < 1.29 is 4.74 Å². The number of hydrogen-bond donors (Lipinski definition) is 1. The molecular formula is C17H13ClN2O. The predicted molar refractivity (Wildman–Crippen MR) is 83.8 cm³/mol. The van der Waals surface area contributed by atoms with Crippen LogP contribution in [-0.4, -0.2) is 4.98 Å². The Labute approximate surface area is 127 Å². The largest absolute Gasteiger partial charge is 0.457 e. The monoisotopic (exact) mass is 296 g/mol. The molecule has 0 unspecified atom stereocenters. The molecule has 4 bridgehead atoms. The quantitative estimate of drug-likeness (QED) is 0.672. The van der Waals surface area contributed by atoms with E-state index >= 15 is 0 Å². The molecule has 3 nitrogen and oxygen atoms in total. The first-order valence-corrected chi connectivity index (χ1v) is 7.23. The Balaban J connectivity index is 1.92. The van der Waals surface area contributed by atoms with E-state index in [-0.39, 0.29) is 0 Å². The molecule has 0 fully saturated rings. The van der Waals surface area contributed by atoms with Gasteiger partial charge in [-0.05, 0) is 35.9 Å². The van der Waals surface area contributed by atoms with Crippen LogP contribution in [0.3, 0.4) is 0 Å². The van der Waals surface area contributed by atoms with Crippen LogP contribution in [0.15, 0.2) is 48.5 Å². The van der Waals surface area contributed by atoms with E-state index in [2.05, 4.69) is 10.3 Å². The Morgan fingerprint density at radius 1 is 1.05 bits per heavy atom. The summed E-state index contributed by atoms with van der Waals surface area (Å²) < 4.78 is 6.08. The maximum absolute atomic E-state index is 6.21. The minimum absolute atomic E-state index is 0.682. The van der Waals surface area contributed by atoms with Crippen molar-refractivity contribution in [2.24, 2.45) is 0 Å². The van der Waals surface area contributed by atoms with Gasteiger partial charge in [-0.3, -0.25) is 4.98 Å². The van der Waals surface area contributed by atoms with Crippen LogP contribution in [0.4, 0.5) is 0 Å². The average molecular weight is 297 g/mol. The van der Waals surface area contributed by atoms with Gasteiger partial charge in [0.2, 0.25) is 0 Å². The number of ether oxygens (including phenoxy) is 1. The van der Waals surface area contributed by atoms with Crippen LogP contribution in [-0.2, 0) is 13.1 Å². The number of benzene rings is 2. The first-order valence-electron chi connectivity index (χ1n) is 6.85. The van der Waals surface area contributed by atoms with Crippen molar-refractivity contribution in [2.45, 2.75) is 13.1 Å². The number of nitrogens with one attached hydrogen (secondary N) is 1. The molecule has 2 heterocycles. The predicted octanol–water partition coefficient (Wildman–Crippen LogP) is 4.28. The SMILES string of the molecule is Clc1ccc2cc1CNCc1cc(c3ccccc3n1)O2. The van der Waals surface area contributed by atoms with E-state index in [1.54, 1.807) is 0 Å². The van der Waals surface area contributed by atoms with Gasteiger partial charge >= 0.3 is 0 Å². The second-order valence-electron chi connectivity index (χ2n) is 5.09. The normalized spacial score (nSPS) is 13.8. The summed E-state index contributed by atoms with van der Waals surface area (Å²) >= 11 is 6.21. The molecule has 0 radical (unpaired) electrons. The lowest BCUT2D eigenvalue weighted by molar-refractivity contribution is 0.483. The van der Waals surface area contributed by atoms with Crippen LogP contribution in [0.5, 0.6) is 11.5 Å². The van der Waals surface area contributed by atoms with Gasteiger partial charge in [0.25, 0.3) is 0 Å². The van der Waals surface area contributed by atoms with Gasteiger partial charge in [0, 0.05) is 29.6 Å². The number of hydrogen-bond acceptors (Lipinski definition) is 3. The molecule has 4 rings (SSSR count). The van der Waals surface area contributed by atoms with E-state index in [1.807, 2.05) is 48.5 Å². The van der Waals surface area contributed by atoms with Gasteiger partial charge in [0.15, 0.2) is 0 Å². The molecule has 0 amide bonds. The van der Waals surface area contributed by atoms with Crippen molar-refractivity contribution >= 4 is 22.5 Å². The zero-order valence-electron chi connectivity index (χ0n) is 11.3. The molecule has 0 saturated carbocycles. The van der Waals surface area contributed by atoms with Crippen molar-refractivity contribution in [1.29, 1.82) is 0 Å². The number of rotatable bonds is 0. The topological polar surface area (TPSA) is 34.2 Å². The van der Waals surface area contributed by atoms with Crippen LogP contribution in [0.1, 0.15) is 11.3 Å². The van der Waals surface area contributed by atoms with Gasteiger partial charge < -0.3 is 10.1 Å². The average Bonchev–Trinajstić information content (AvgIpc) is 2.50. The summed E-state index contributed by atoms with van der Waals surface area (Å²) in [6, 6.07) is 15.8. The first kappa shape index (κ1) is 12.6. The fraction of sp³-hybridized carbons (Fsp3) is 0.118. The molecule has 0 spiro atoms. The van der Waals surface area contributed by atoms with Gasteiger partial charge in [-0.25, -0.2) is 0 Å². The lowest BCUT2D eigenvalue weighted by Gasteiger charge is -2.15. The van der Waals surface area contributed by atoms with E-state index in [4.69, 9.17) is 16.3 Å². The van der Waals surface area contributed by atoms with Crippen LogP contribution in [0.25, 0.3) is 10.9 Å². The standard InChI is InChI=1S/C17H13ClN2O/c18-15-6-5-13-7-11(15)9-19-10-12-8-17(21-13)14-3-1-2-4-16(14)20-12/h1-8,19H,9-10H2. The number of aromatic nitrogens is 1. The van der Waals surface area contributed by atoms with Crippen molar-refractivity contribution in [2.75, 3.05) is 0 Å². The second kappa shape index (κ2) is 5.02. The summed E-state index contributed by atoms with van der Waals surface area (Å²) in [7, 11) is 0. The maximum Gasteiger partial charge on any atom is 0.138 e. The molecule has 1 aliphatic heterocycles. The Morgan fingerprint density at radius 2 is 1.95 bits per heavy atom. The number of nitrogens with zero attached hydrogens (tertiary/aromatic N) is 1. The van der Waals surface area contributed by atoms with Crippen molar-refractivity contribution in [1.82, 2.24) is 10.3 Å². The lowest BCUT2D eigenvalue weighted by atomic mass is 10.1. The molecular weight excluding hydrogens is 284 g/mol. The summed E-state index contributed by atoms with van der Waals surface area (Å²) in [6.07, 6.45) is 0. The highest BCUT2D eigenvalue weighted by Gasteiger charge is 2.11. The fourth-order valence-corrected chi connectivity index (χ4v) is 2.76. The molecule has 2 aromatic carbocycles. The van der Waals surface area contributed by atoms with Gasteiger partial charge in [-0.1, -0.05) is 23.7 Å². The zero-order chi connectivity index (χ0) is 14.2. The highest BCUT2D eigenvalue weighted by molar-refractivity contribution is 6.31. The summed E-state index contributed by atoms with van der Waals surface area (Å²) in [5.74, 6) is 1.62. The number of halogens is 1. The fourth-order valence-electron chi connectivity index (χ4n) is 2.57. The van der Waals surface area contributed by atoms with Crippen LogP contribution < -0.4 is 10.1 Å². The Bertz CT molecular complexity index is 832. The van der Waals surface area contributed by atoms with E-state index in [1.165, 1.54) is 0 Å². The molecule has 4 heteroatoms. The highest BCUT2D eigenvalue weighted by atomic mass is 35.5. The molecule has 1 N–H and O–H groups in total. The van der Waals surface area contributed by atoms with Crippen LogP contribution >= 0.6 is 11.6 Å². The molecule has 0 saturated heterocycles. The number of fused-ring (bicyclic) bond motifs is 6. The van der Waals surface area contributed by atoms with Crippen LogP contribution in [0.2, 0.25) is 5.02 Å². The minimum atomic E-state index is 0.682. The molecule has 1 aromatic heterocycles. The van der Waals surface area contributed by atoms with E-state index < -0.39 is 0 Å². The number of pyridine rings is 1.